The molecule has 33 heavy (non-hydrogen) atoms. The minimum Gasteiger partial charge on any atom is -0.362 e. The number of pyridine rings is 1. The summed E-state index contributed by atoms with van der Waals surface area (Å²) in [5, 5.41) is 12.3. The van der Waals surface area contributed by atoms with Crippen LogP contribution in [-0.4, -0.2) is 16.9 Å². The summed E-state index contributed by atoms with van der Waals surface area (Å²) >= 11 is 0. The molecule has 0 saturated carbocycles. The van der Waals surface area contributed by atoms with Gasteiger partial charge in [-0.05, 0) is 71.9 Å². The molecule has 3 heterocycles. The van der Waals surface area contributed by atoms with Gasteiger partial charge in [0, 0.05) is 35.2 Å². The number of ketones is 1. The molecule has 0 saturated heterocycles. The van der Waals surface area contributed by atoms with Gasteiger partial charge in [0.1, 0.15) is 0 Å². The summed E-state index contributed by atoms with van der Waals surface area (Å²) in [6.07, 6.45) is 9.16. The molecule has 0 fully saturated rings. The van der Waals surface area contributed by atoms with Crippen LogP contribution in [-0.2, 0) is 23.1 Å². The Labute approximate surface area is 195 Å². The monoisotopic (exact) mass is 438 g/mol. The van der Waals surface area contributed by atoms with Gasteiger partial charge in [-0.3, -0.25) is 9.78 Å². The number of hydrogen-bond donors (Lipinski definition) is 1. The van der Waals surface area contributed by atoms with Crippen LogP contribution in [0.2, 0.25) is 0 Å². The van der Waals surface area contributed by atoms with Gasteiger partial charge in [-0.15, -0.1) is 0 Å². The highest BCUT2D eigenvalue weighted by Crippen LogP contribution is 2.54. The smallest absolute Gasteiger partial charge is 0.164 e. The third kappa shape index (κ3) is 2.98. The zero-order valence-electron chi connectivity index (χ0n) is 19.6. The summed E-state index contributed by atoms with van der Waals surface area (Å²) in [7, 11) is 0. The van der Waals surface area contributed by atoms with Crippen LogP contribution in [0.1, 0.15) is 63.3 Å². The average Bonchev–Trinajstić information content (AvgIpc) is 3.46. The Hall–Kier alpha value is -3.08. The van der Waals surface area contributed by atoms with Crippen LogP contribution in [0.3, 0.4) is 0 Å². The predicted molar refractivity (Wildman–Crippen MR) is 129 cm³/mol. The van der Waals surface area contributed by atoms with Crippen LogP contribution in [0.15, 0.2) is 69.8 Å². The first-order valence-corrected chi connectivity index (χ1v) is 12.1. The molecule has 1 aromatic carbocycles. The Balaban J connectivity index is 1.56. The highest BCUT2D eigenvalue weighted by molar-refractivity contribution is 6.01. The van der Waals surface area contributed by atoms with Gasteiger partial charge in [0.05, 0.1) is 11.6 Å². The first kappa shape index (κ1) is 20.5. The number of aryl methyl sites for hydroxylation is 1. The van der Waals surface area contributed by atoms with E-state index in [-0.39, 0.29) is 17.4 Å². The third-order valence-corrected chi connectivity index (χ3v) is 7.96. The van der Waals surface area contributed by atoms with Gasteiger partial charge in [-0.25, -0.2) is 0 Å². The maximum atomic E-state index is 13.7. The number of allylic oxidation sites excluding steroid dienone is 2. The summed E-state index contributed by atoms with van der Waals surface area (Å²) in [6, 6.07) is 11.0. The maximum Gasteiger partial charge on any atom is 0.164 e. The van der Waals surface area contributed by atoms with Gasteiger partial charge in [-0.2, -0.15) is 10.2 Å². The lowest BCUT2D eigenvalue weighted by Gasteiger charge is -2.47. The minimum absolute atomic E-state index is 0.0567. The fraction of sp³-hybridized carbons (Fsp3) is 0.429. The third-order valence-electron chi connectivity index (χ3n) is 7.96. The molecular formula is C28H30N4O. The molecule has 168 valence electrons. The molecule has 1 aromatic heterocycles. The summed E-state index contributed by atoms with van der Waals surface area (Å²) in [5.41, 5.74) is 8.76. The Morgan fingerprint density at radius 1 is 1.15 bits per heavy atom. The molecular weight excluding hydrogens is 408 g/mol. The van der Waals surface area contributed by atoms with E-state index in [0.29, 0.717) is 6.42 Å². The largest absolute Gasteiger partial charge is 0.362 e. The van der Waals surface area contributed by atoms with E-state index in [1.807, 2.05) is 12.4 Å². The Kier molecular flexibility index (Phi) is 4.48. The second kappa shape index (κ2) is 7.21. The van der Waals surface area contributed by atoms with Crippen molar-refractivity contribution in [3.05, 3.63) is 76.4 Å². The van der Waals surface area contributed by atoms with Crippen molar-refractivity contribution in [1.82, 2.24) is 10.3 Å². The molecule has 2 atom stereocenters. The van der Waals surface area contributed by atoms with E-state index in [4.69, 9.17) is 0 Å². The Morgan fingerprint density at radius 2 is 2.03 bits per heavy atom. The molecule has 1 unspecified atom stereocenters. The van der Waals surface area contributed by atoms with Gasteiger partial charge in [0.15, 0.2) is 11.9 Å². The topological polar surface area (TPSA) is 66.7 Å². The van der Waals surface area contributed by atoms with E-state index >= 15 is 0 Å². The van der Waals surface area contributed by atoms with Crippen molar-refractivity contribution in [1.29, 1.82) is 0 Å². The molecule has 5 heteroatoms. The number of benzene rings is 1. The van der Waals surface area contributed by atoms with Gasteiger partial charge in [0.2, 0.25) is 0 Å². The van der Waals surface area contributed by atoms with Crippen LogP contribution in [0.25, 0.3) is 11.1 Å². The van der Waals surface area contributed by atoms with Crippen molar-refractivity contribution in [3.63, 3.8) is 0 Å². The van der Waals surface area contributed by atoms with Crippen LogP contribution in [0.5, 0.6) is 0 Å². The number of hydrogen-bond acceptors (Lipinski definition) is 5. The molecule has 0 spiro atoms. The van der Waals surface area contributed by atoms with Crippen molar-refractivity contribution in [2.75, 3.05) is 0 Å². The van der Waals surface area contributed by atoms with Crippen LogP contribution < -0.4 is 5.32 Å². The van der Waals surface area contributed by atoms with Crippen LogP contribution in [0.4, 0.5) is 0 Å². The number of aromatic nitrogens is 1. The molecule has 0 radical (unpaired) electrons. The number of nitrogens with one attached hydrogen (secondary N) is 1. The van der Waals surface area contributed by atoms with Gasteiger partial charge in [-0.1, -0.05) is 39.0 Å². The fourth-order valence-electron chi connectivity index (χ4n) is 6.58. The number of nitrogens with zero attached hydrogens (tertiary/aromatic N) is 3. The van der Waals surface area contributed by atoms with Crippen LogP contribution in [0, 0.1) is 5.41 Å². The van der Waals surface area contributed by atoms with E-state index in [1.165, 1.54) is 28.8 Å². The molecule has 6 rings (SSSR count). The SMILES string of the molecule is CC[C@@]1(c2cccc(-c3ccnc4c3CCC4)c2)C2=CN=NC2NC2=C1C(=O)CC(C)(C)C2. The van der Waals surface area contributed by atoms with Crippen molar-refractivity contribution in [2.45, 2.75) is 70.9 Å². The second-order valence-electron chi connectivity index (χ2n) is 10.6. The average molecular weight is 439 g/mol. The lowest BCUT2D eigenvalue weighted by Crippen LogP contribution is -2.51. The second-order valence-corrected chi connectivity index (χ2v) is 10.6. The lowest BCUT2D eigenvalue weighted by atomic mass is 9.58. The van der Waals surface area contributed by atoms with Crippen molar-refractivity contribution in [3.8, 4) is 11.1 Å². The van der Waals surface area contributed by atoms with E-state index in [9.17, 15) is 4.79 Å². The van der Waals surface area contributed by atoms with Gasteiger partial charge < -0.3 is 5.32 Å². The molecule has 2 aromatic rings. The van der Waals surface area contributed by atoms with Crippen molar-refractivity contribution < 1.29 is 4.79 Å². The quantitative estimate of drug-likeness (QED) is 0.658. The van der Waals surface area contributed by atoms with E-state index in [0.717, 1.165) is 48.1 Å². The standard InChI is InChI=1S/C28H30N4O/c1-4-28(18-8-5-7-17(13-18)19-11-12-29-22-10-6-9-20(19)22)21-16-30-32-26(21)31-23-14-27(2,3)15-24(33)25(23)28/h5,7-8,11-13,16,26,31H,4,6,9-10,14-15H2,1-3H3/t26?,28-/m1/s1. The normalized spacial score (nSPS) is 27.1. The lowest BCUT2D eigenvalue weighted by molar-refractivity contribution is -0.119. The number of azo groups is 1. The fourth-order valence-corrected chi connectivity index (χ4v) is 6.58. The highest BCUT2D eigenvalue weighted by Gasteiger charge is 2.53. The number of carbonyl (C=O) groups is 1. The first-order chi connectivity index (χ1) is 15.9. The first-order valence-electron chi connectivity index (χ1n) is 12.1. The summed E-state index contributed by atoms with van der Waals surface area (Å²) in [4.78, 5) is 18.3. The molecule has 5 nitrogen and oxygen atoms in total. The molecule has 0 amide bonds. The van der Waals surface area contributed by atoms with Crippen LogP contribution >= 0.6 is 0 Å². The van der Waals surface area contributed by atoms with E-state index in [1.54, 1.807) is 0 Å². The molecule has 0 bridgehead atoms. The Bertz CT molecular complexity index is 1270. The highest BCUT2D eigenvalue weighted by atomic mass is 16.1. The van der Waals surface area contributed by atoms with E-state index in [2.05, 4.69) is 71.6 Å². The molecule has 4 aliphatic rings. The number of carbonyl (C=O) groups excluding carboxylic acids is 1. The molecule has 2 aliphatic heterocycles. The minimum atomic E-state index is -0.505. The van der Waals surface area contributed by atoms with Crippen molar-refractivity contribution in [2.24, 2.45) is 15.6 Å². The van der Waals surface area contributed by atoms with Crippen molar-refractivity contribution >= 4 is 5.78 Å². The Morgan fingerprint density at radius 3 is 2.88 bits per heavy atom. The summed E-state index contributed by atoms with van der Waals surface area (Å²) < 4.78 is 0. The zero-order valence-corrected chi connectivity index (χ0v) is 19.6. The van der Waals surface area contributed by atoms with E-state index < -0.39 is 5.41 Å². The number of rotatable bonds is 3. The van der Waals surface area contributed by atoms with Gasteiger partial charge in [0.25, 0.3) is 0 Å². The predicted octanol–water partition coefficient (Wildman–Crippen LogP) is 5.81. The van der Waals surface area contributed by atoms with Gasteiger partial charge >= 0.3 is 0 Å². The molecule has 1 N–H and O–H groups in total. The maximum absolute atomic E-state index is 13.7. The summed E-state index contributed by atoms with van der Waals surface area (Å²) in [5.74, 6) is 0.247. The number of fused-ring (bicyclic) bond motifs is 2. The number of Topliss-reactive ketones (excluding diaryl/α,β-unsaturated/α-hetero) is 1. The summed E-state index contributed by atoms with van der Waals surface area (Å²) in [6.45, 7) is 6.54. The molecule has 2 aliphatic carbocycles. The zero-order chi connectivity index (χ0) is 22.8.